The number of aromatic nitrogens is 1. The van der Waals surface area contributed by atoms with Crippen LogP contribution in [0, 0.1) is 0 Å². The fourth-order valence-corrected chi connectivity index (χ4v) is 5.88. The Labute approximate surface area is 200 Å². The molecule has 33 heavy (non-hydrogen) atoms. The number of benzene rings is 1. The number of carbonyl (C=O) groups is 1. The Kier molecular flexibility index (Phi) is 6.88. The fourth-order valence-electron chi connectivity index (χ4n) is 4.81. The van der Waals surface area contributed by atoms with Crippen LogP contribution in [0.3, 0.4) is 0 Å². The molecule has 1 aromatic carbocycles. The van der Waals surface area contributed by atoms with E-state index in [0.29, 0.717) is 12.6 Å². The highest BCUT2D eigenvalue weighted by Gasteiger charge is 2.32. The van der Waals surface area contributed by atoms with Gasteiger partial charge in [0, 0.05) is 43.8 Å². The smallest absolute Gasteiger partial charge is 0.266 e. The molecule has 1 aliphatic carbocycles. The summed E-state index contributed by atoms with van der Waals surface area (Å²) in [5.74, 6) is 0.0385. The lowest BCUT2D eigenvalue weighted by molar-refractivity contribution is -0.122. The van der Waals surface area contributed by atoms with Crippen LogP contribution in [0.5, 0.6) is 0 Å². The van der Waals surface area contributed by atoms with Crippen molar-refractivity contribution >= 4 is 40.3 Å². The first-order chi connectivity index (χ1) is 16.2. The quantitative estimate of drug-likeness (QED) is 0.552. The monoisotopic (exact) mass is 464 g/mol. The summed E-state index contributed by atoms with van der Waals surface area (Å²) < 4.78 is 7.77. The molecule has 0 bridgehead atoms. The molecule has 1 amide bonds. The lowest BCUT2D eigenvalue weighted by atomic mass is 9.95. The van der Waals surface area contributed by atoms with Crippen LogP contribution in [0.25, 0.3) is 6.08 Å². The van der Waals surface area contributed by atoms with E-state index in [-0.39, 0.29) is 5.91 Å². The van der Waals surface area contributed by atoms with Crippen molar-refractivity contribution in [3.05, 3.63) is 53.2 Å². The molecule has 7 heteroatoms. The minimum Gasteiger partial charge on any atom is -0.378 e. The van der Waals surface area contributed by atoms with E-state index in [1.54, 1.807) is 4.90 Å². The lowest BCUT2D eigenvalue weighted by Gasteiger charge is -2.28. The Hall–Kier alpha value is -2.51. The predicted molar refractivity (Wildman–Crippen MR) is 136 cm³/mol. The number of carbonyl (C=O) groups excluding carboxylic acids is 1. The topological polar surface area (TPSA) is 50.1 Å². The zero-order chi connectivity index (χ0) is 22.6. The third kappa shape index (κ3) is 5.04. The molecule has 5 rings (SSSR count). The molecule has 3 heterocycles. The minimum atomic E-state index is 0.0385. The van der Waals surface area contributed by atoms with Crippen molar-refractivity contribution in [1.29, 1.82) is 0 Å². The van der Waals surface area contributed by atoms with Crippen molar-refractivity contribution in [3.63, 3.8) is 0 Å². The van der Waals surface area contributed by atoms with Crippen LogP contribution in [0.1, 0.15) is 50.6 Å². The summed E-state index contributed by atoms with van der Waals surface area (Å²) in [4.78, 5) is 22.7. The van der Waals surface area contributed by atoms with Gasteiger partial charge in [-0.15, -0.1) is 0 Å². The second kappa shape index (κ2) is 10.2. The van der Waals surface area contributed by atoms with Crippen LogP contribution >= 0.6 is 11.8 Å². The highest BCUT2D eigenvalue weighted by molar-refractivity contribution is 8.18. The van der Waals surface area contributed by atoms with E-state index >= 15 is 0 Å². The van der Waals surface area contributed by atoms with E-state index in [0.717, 1.165) is 47.6 Å². The van der Waals surface area contributed by atoms with Gasteiger partial charge in [0.05, 0.1) is 23.8 Å². The second-order valence-electron chi connectivity index (χ2n) is 8.85. The molecular formula is C26H32N4O2S. The van der Waals surface area contributed by atoms with E-state index in [1.807, 2.05) is 25.1 Å². The Morgan fingerprint density at radius 1 is 1.09 bits per heavy atom. The summed E-state index contributed by atoms with van der Waals surface area (Å²) in [6.07, 6.45) is 12.8. The van der Waals surface area contributed by atoms with Crippen LogP contribution in [0.2, 0.25) is 0 Å². The Morgan fingerprint density at radius 2 is 1.85 bits per heavy atom. The van der Waals surface area contributed by atoms with Crippen LogP contribution < -0.4 is 4.90 Å². The van der Waals surface area contributed by atoms with Gasteiger partial charge >= 0.3 is 0 Å². The van der Waals surface area contributed by atoms with Gasteiger partial charge in [-0.05, 0) is 73.5 Å². The minimum absolute atomic E-state index is 0.0385. The number of amidine groups is 1. The lowest BCUT2D eigenvalue weighted by Crippen LogP contribution is -2.36. The SMILES string of the molecule is CCN1C(=O)/C(=C\c2ccn(C3CCCCC3)c2)SC1=Nc1ccc(N2CCOCC2)cc1. The standard InChI is InChI=1S/C26H32N4O2S/c1-2-30-25(31)24(18-20-12-13-29(19-20)22-6-4-3-5-7-22)33-26(30)27-21-8-10-23(11-9-21)28-14-16-32-17-15-28/h8-13,18-19,22H,2-7,14-17H2,1H3/b24-18+,27-26?. The van der Waals surface area contributed by atoms with E-state index in [2.05, 4.69) is 40.1 Å². The third-order valence-electron chi connectivity index (χ3n) is 6.69. The largest absolute Gasteiger partial charge is 0.378 e. The molecule has 1 saturated carbocycles. The van der Waals surface area contributed by atoms with Gasteiger partial charge in [0.25, 0.3) is 5.91 Å². The van der Waals surface area contributed by atoms with Gasteiger partial charge in [-0.3, -0.25) is 9.69 Å². The summed E-state index contributed by atoms with van der Waals surface area (Å²) in [5.41, 5.74) is 3.14. The van der Waals surface area contributed by atoms with E-state index in [4.69, 9.17) is 9.73 Å². The Morgan fingerprint density at radius 3 is 2.58 bits per heavy atom. The van der Waals surface area contributed by atoms with Gasteiger partial charge in [-0.2, -0.15) is 0 Å². The Balaban J connectivity index is 1.31. The van der Waals surface area contributed by atoms with Crippen molar-refractivity contribution in [2.24, 2.45) is 4.99 Å². The van der Waals surface area contributed by atoms with Gasteiger partial charge in [0.15, 0.2) is 5.17 Å². The predicted octanol–water partition coefficient (Wildman–Crippen LogP) is 5.45. The summed E-state index contributed by atoms with van der Waals surface area (Å²) in [6.45, 7) is 5.98. The average molecular weight is 465 g/mol. The van der Waals surface area contributed by atoms with Crippen molar-refractivity contribution in [2.75, 3.05) is 37.7 Å². The summed E-state index contributed by atoms with van der Waals surface area (Å²) in [6, 6.07) is 11.0. The zero-order valence-corrected chi connectivity index (χ0v) is 20.1. The number of thioether (sulfide) groups is 1. The molecule has 2 aliphatic heterocycles. The summed E-state index contributed by atoms with van der Waals surface area (Å²) in [5, 5.41) is 0.750. The molecule has 3 fully saturated rings. The highest BCUT2D eigenvalue weighted by atomic mass is 32.2. The summed E-state index contributed by atoms with van der Waals surface area (Å²) in [7, 11) is 0. The van der Waals surface area contributed by atoms with Gasteiger partial charge < -0.3 is 14.2 Å². The maximum atomic E-state index is 13.0. The molecule has 0 radical (unpaired) electrons. The van der Waals surface area contributed by atoms with Crippen LogP contribution in [-0.2, 0) is 9.53 Å². The van der Waals surface area contributed by atoms with Crippen LogP contribution in [-0.4, -0.2) is 53.4 Å². The molecule has 0 atom stereocenters. The third-order valence-corrected chi connectivity index (χ3v) is 7.69. The molecule has 6 nitrogen and oxygen atoms in total. The maximum Gasteiger partial charge on any atom is 0.266 e. The number of amides is 1. The van der Waals surface area contributed by atoms with Gasteiger partial charge in [-0.25, -0.2) is 4.99 Å². The van der Waals surface area contributed by atoms with Crippen molar-refractivity contribution in [1.82, 2.24) is 9.47 Å². The Bertz CT molecular complexity index is 1030. The van der Waals surface area contributed by atoms with Crippen LogP contribution in [0.15, 0.2) is 52.6 Å². The number of morpholine rings is 1. The number of hydrogen-bond acceptors (Lipinski definition) is 5. The molecular weight excluding hydrogens is 432 g/mol. The van der Waals surface area contributed by atoms with Crippen LogP contribution in [0.4, 0.5) is 11.4 Å². The molecule has 174 valence electrons. The second-order valence-corrected chi connectivity index (χ2v) is 9.86. The number of likely N-dealkylation sites (N-methyl/N-ethyl adjacent to an activating group) is 1. The maximum absolute atomic E-state index is 13.0. The fraction of sp³-hybridized carbons (Fsp3) is 0.462. The van der Waals surface area contributed by atoms with Crippen molar-refractivity contribution in [3.8, 4) is 0 Å². The number of anilines is 1. The van der Waals surface area contributed by atoms with E-state index in [1.165, 1.54) is 49.6 Å². The molecule has 1 aromatic heterocycles. The first-order valence-electron chi connectivity index (χ1n) is 12.1. The number of ether oxygens (including phenoxy) is 1. The first-order valence-corrected chi connectivity index (χ1v) is 12.9. The van der Waals surface area contributed by atoms with Gasteiger partial charge in [0.2, 0.25) is 0 Å². The van der Waals surface area contributed by atoms with Gasteiger partial charge in [-0.1, -0.05) is 19.3 Å². The van der Waals surface area contributed by atoms with Crippen molar-refractivity contribution in [2.45, 2.75) is 45.1 Å². The molecule has 0 N–H and O–H groups in total. The van der Waals surface area contributed by atoms with Crippen molar-refractivity contribution < 1.29 is 9.53 Å². The number of rotatable bonds is 5. The van der Waals surface area contributed by atoms with E-state index < -0.39 is 0 Å². The average Bonchev–Trinajstić information content (AvgIpc) is 3.45. The van der Waals surface area contributed by atoms with E-state index in [9.17, 15) is 4.79 Å². The molecule has 0 spiro atoms. The normalized spacial score (nSPS) is 22.6. The number of hydrogen-bond donors (Lipinski definition) is 0. The molecule has 2 saturated heterocycles. The summed E-state index contributed by atoms with van der Waals surface area (Å²) >= 11 is 1.47. The highest BCUT2D eigenvalue weighted by Crippen LogP contribution is 2.35. The zero-order valence-electron chi connectivity index (χ0n) is 19.3. The molecule has 3 aliphatic rings. The number of aliphatic imine (C=N–C) groups is 1. The first kappa shape index (κ1) is 22.3. The molecule has 0 unspecified atom stereocenters. The number of nitrogens with zero attached hydrogens (tertiary/aromatic N) is 4. The van der Waals surface area contributed by atoms with Gasteiger partial charge in [0.1, 0.15) is 0 Å². The molecule has 2 aromatic rings.